The summed E-state index contributed by atoms with van der Waals surface area (Å²) in [6.45, 7) is 2.99. The molecule has 0 saturated carbocycles. The number of halogens is 1. The van der Waals surface area contributed by atoms with Gasteiger partial charge in [0, 0.05) is 6.54 Å². The Morgan fingerprint density at radius 2 is 2.47 bits per heavy atom. The van der Waals surface area contributed by atoms with Crippen LogP contribution in [0.4, 0.5) is 0 Å². The van der Waals surface area contributed by atoms with Crippen molar-refractivity contribution in [2.24, 2.45) is 5.92 Å². The van der Waals surface area contributed by atoms with Crippen molar-refractivity contribution in [3.63, 3.8) is 0 Å². The van der Waals surface area contributed by atoms with Crippen molar-refractivity contribution in [2.75, 3.05) is 0 Å². The SMILES string of the molecule is CC1CCc2c(Cl)nc(CC(=O)O)n2C1. The van der Waals surface area contributed by atoms with Gasteiger partial charge in [-0.25, -0.2) is 4.98 Å². The molecule has 4 nitrogen and oxygen atoms in total. The van der Waals surface area contributed by atoms with Gasteiger partial charge in [-0.3, -0.25) is 4.79 Å². The zero-order valence-electron chi connectivity index (χ0n) is 8.53. The van der Waals surface area contributed by atoms with Crippen LogP contribution < -0.4 is 0 Å². The molecule has 1 N–H and O–H groups in total. The van der Waals surface area contributed by atoms with Gasteiger partial charge >= 0.3 is 5.97 Å². The van der Waals surface area contributed by atoms with E-state index in [2.05, 4.69) is 11.9 Å². The molecule has 1 unspecified atom stereocenters. The van der Waals surface area contributed by atoms with Crippen LogP contribution in [0.5, 0.6) is 0 Å². The van der Waals surface area contributed by atoms with Crippen molar-refractivity contribution in [3.8, 4) is 0 Å². The minimum atomic E-state index is -0.863. The number of hydrogen-bond donors (Lipinski definition) is 1. The molecule has 0 aliphatic carbocycles. The summed E-state index contributed by atoms with van der Waals surface area (Å²) in [4.78, 5) is 14.8. The van der Waals surface area contributed by atoms with Crippen LogP contribution in [0.2, 0.25) is 5.15 Å². The number of nitrogens with zero attached hydrogens (tertiary/aromatic N) is 2. The molecule has 82 valence electrons. The van der Waals surface area contributed by atoms with Gasteiger partial charge in [0.25, 0.3) is 0 Å². The van der Waals surface area contributed by atoms with Crippen LogP contribution in [0.1, 0.15) is 24.9 Å². The lowest BCUT2D eigenvalue weighted by Gasteiger charge is -2.22. The van der Waals surface area contributed by atoms with Crippen LogP contribution in [-0.4, -0.2) is 20.6 Å². The van der Waals surface area contributed by atoms with Crippen molar-refractivity contribution in [1.82, 2.24) is 9.55 Å². The Kier molecular flexibility index (Phi) is 2.69. The molecular formula is C10H13ClN2O2. The monoisotopic (exact) mass is 228 g/mol. The van der Waals surface area contributed by atoms with E-state index in [1.807, 2.05) is 4.57 Å². The first-order valence-electron chi connectivity index (χ1n) is 5.03. The summed E-state index contributed by atoms with van der Waals surface area (Å²) < 4.78 is 1.96. The quantitative estimate of drug-likeness (QED) is 0.839. The van der Waals surface area contributed by atoms with Crippen molar-refractivity contribution in [1.29, 1.82) is 0 Å². The second-order valence-electron chi connectivity index (χ2n) is 4.09. The lowest BCUT2D eigenvalue weighted by molar-refractivity contribution is -0.136. The summed E-state index contributed by atoms with van der Waals surface area (Å²) in [6.07, 6.45) is 1.94. The molecule has 0 bridgehead atoms. The zero-order valence-corrected chi connectivity index (χ0v) is 9.29. The highest BCUT2D eigenvalue weighted by Gasteiger charge is 2.23. The summed E-state index contributed by atoms with van der Waals surface area (Å²) in [5.41, 5.74) is 0.992. The molecule has 1 aromatic rings. The fraction of sp³-hybridized carbons (Fsp3) is 0.600. The third-order valence-electron chi connectivity index (χ3n) is 2.78. The number of carboxylic acids is 1. The molecule has 1 aliphatic rings. The number of carbonyl (C=O) groups is 1. The van der Waals surface area contributed by atoms with Crippen molar-refractivity contribution < 1.29 is 9.90 Å². The van der Waals surface area contributed by atoms with Gasteiger partial charge in [-0.15, -0.1) is 0 Å². The lowest BCUT2D eigenvalue weighted by atomic mass is 10.0. The molecule has 2 rings (SSSR count). The third kappa shape index (κ3) is 2.00. The summed E-state index contributed by atoms with van der Waals surface area (Å²) in [5, 5.41) is 9.22. The fourth-order valence-electron chi connectivity index (χ4n) is 2.02. The van der Waals surface area contributed by atoms with Crippen molar-refractivity contribution in [3.05, 3.63) is 16.7 Å². The Morgan fingerprint density at radius 1 is 1.73 bits per heavy atom. The van der Waals surface area contributed by atoms with Crippen LogP contribution in [0, 0.1) is 5.92 Å². The molecule has 5 heteroatoms. The Hall–Kier alpha value is -1.03. The third-order valence-corrected chi connectivity index (χ3v) is 3.08. The van der Waals surface area contributed by atoms with E-state index in [-0.39, 0.29) is 6.42 Å². The molecule has 0 spiro atoms. The highest BCUT2D eigenvalue weighted by atomic mass is 35.5. The molecule has 1 aliphatic heterocycles. The van der Waals surface area contributed by atoms with E-state index < -0.39 is 5.97 Å². The van der Waals surface area contributed by atoms with Crippen LogP contribution in [-0.2, 0) is 24.2 Å². The molecule has 0 amide bonds. The minimum absolute atomic E-state index is 0.0492. The fourth-order valence-corrected chi connectivity index (χ4v) is 2.31. The number of imidazole rings is 1. The smallest absolute Gasteiger partial charge is 0.311 e. The maximum absolute atomic E-state index is 10.6. The van der Waals surface area contributed by atoms with Gasteiger partial charge in [-0.1, -0.05) is 18.5 Å². The summed E-state index contributed by atoms with van der Waals surface area (Å²) >= 11 is 5.97. The van der Waals surface area contributed by atoms with Gasteiger partial charge < -0.3 is 9.67 Å². The van der Waals surface area contributed by atoms with E-state index in [4.69, 9.17) is 16.7 Å². The summed E-state index contributed by atoms with van der Waals surface area (Å²) in [6, 6.07) is 0. The normalized spacial score (nSPS) is 20.0. The number of rotatable bonds is 2. The maximum atomic E-state index is 10.6. The maximum Gasteiger partial charge on any atom is 0.311 e. The minimum Gasteiger partial charge on any atom is -0.481 e. The molecule has 0 aromatic carbocycles. The van der Waals surface area contributed by atoms with Gasteiger partial charge in [0.05, 0.1) is 5.69 Å². The lowest BCUT2D eigenvalue weighted by Crippen LogP contribution is -2.20. The van der Waals surface area contributed by atoms with Crippen molar-refractivity contribution >= 4 is 17.6 Å². The molecule has 0 radical (unpaired) electrons. The van der Waals surface area contributed by atoms with Gasteiger partial charge in [0.15, 0.2) is 5.15 Å². The predicted molar refractivity (Wildman–Crippen MR) is 56.1 cm³/mol. The number of aromatic nitrogens is 2. The highest BCUT2D eigenvalue weighted by Crippen LogP contribution is 2.27. The topological polar surface area (TPSA) is 55.1 Å². The number of aliphatic carboxylic acids is 1. The molecule has 0 fully saturated rings. The largest absolute Gasteiger partial charge is 0.481 e. The van der Waals surface area contributed by atoms with E-state index in [0.717, 1.165) is 25.1 Å². The first-order chi connectivity index (χ1) is 7.08. The average Bonchev–Trinajstić information content (AvgIpc) is 2.42. The molecule has 15 heavy (non-hydrogen) atoms. The van der Waals surface area contributed by atoms with Crippen LogP contribution >= 0.6 is 11.6 Å². The van der Waals surface area contributed by atoms with E-state index in [0.29, 0.717) is 16.9 Å². The number of fused-ring (bicyclic) bond motifs is 1. The van der Waals surface area contributed by atoms with E-state index in [1.165, 1.54) is 0 Å². The first-order valence-corrected chi connectivity index (χ1v) is 5.41. The van der Waals surface area contributed by atoms with E-state index in [9.17, 15) is 4.79 Å². The highest BCUT2D eigenvalue weighted by molar-refractivity contribution is 6.30. The molecule has 1 atom stereocenters. The number of hydrogen-bond acceptors (Lipinski definition) is 2. The molecule has 0 saturated heterocycles. The van der Waals surface area contributed by atoms with E-state index in [1.54, 1.807) is 0 Å². The van der Waals surface area contributed by atoms with Crippen molar-refractivity contribution in [2.45, 2.75) is 32.7 Å². The second kappa shape index (κ2) is 3.85. The first kappa shape index (κ1) is 10.5. The van der Waals surface area contributed by atoms with Crippen LogP contribution in [0.3, 0.4) is 0 Å². The van der Waals surface area contributed by atoms with Crippen LogP contribution in [0.15, 0.2) is 0 Å². The molecule has 1 aromatic heterocycles. The summed E-state index contributed by atoms with van der Waals surface area (Å²) in [5.74, 6) is 0.280. The Labute approximate surface area is 92.9 Å². The Morgan fingerprint density at radius 3 is 3.13 bits per heavy atom. The van der Waals surface area contributed by atoms with Gasteiger partial charge in [0.1, 0.15) is 12.2 Å². The second-order valence-corrected chi connectivity index (χ2v) is 4.45. The Balaban J connectivity index is 2.36. The zero-order chi connectivity index (χ0) is 11.0. The van der Waals surface area contributed by atoms with Gasteiger partial charge in [-0.2, -0.15) is 0 Å². The van der Waals surface area contributed by atoms with Gasteiger partial charge in [-0.05, 0) is 18.8 Å². The average molecular weight is 229 g/mol. The molecular weight excluding hydrogens is 216 g/mol. The Bertz CT molecular complexity index is 400. The van der Waals surface area contributed by atoms with Crippen LogP contribution in [0.25, 0.3) is 0 Å². The van der Waals surface area contributed by atoms with Gasteiger partial charge in [0.2, 0.25) is 0 Å². The number of carboxylic acid groups (broad SMARTS) is 1. The summed E-state index contributed by atoms with van der Waals surface area (Å²) in [7, 11) is 0. The predicted octanol–water partition coefficient (Wildman–Crippen LogP) is 1.75. The standard InChI is InChI=1S/C10H13ClN2O2/c1-6-2-3-7-10(11)12-8(4-9(14)15)13(7)5-6/h6H,2-5H2,1H3,(H,14,15). The van der Waals surface area contributed by atoms with E-state index >= 15 is 0 Å². The molecule has 2 heterocycles.